The molecule has 0 aromatic heterocycles. The number of amides is 1. The third kappa shape index (κ3) is 6.52. The van der Waals surface area contributed by atoms with Crippen LogP contribution < -0.4 is 14.8 Å². The standard InChI is InChI=1S/C19H21BrClNO4/c1-13(26-18-7-6-15(21)11-17(18)20)19(23)22-12-14-4-3-5-16(10-14)25-9-8-24-2/h3-7,10-11,13H,8-9,12H2,1-2H3,(H,22,23). The third-order valence-electron chi connectivity index (χ3n) is 3.49. The summed E-state index contributed by atoms with van der Waals surface area (Å²) in [5.41, 5.74) is 0.938. The van der Waals surface area contributed by atoms with E-state index in [0.29, 0.717) is 35.0 Å². The van der Waals surface area contributed by atoms with Crippen LogP contribution in [0.15, 0.2) is 46.9 Å². The number of carbonyl (C=O) groups excluding carboxylic acids is 1. The average Bonchev–Trinajstić information content (AvgIpc) is 2.62. The summed E-state index contributed by atoms with van der Waals surface area (Å²) in [6, 6.07) is 12.7. The van der Waals surface area contributed by atoms with Gasteiger partial charge in [-0.25, -0.2) is 0 Å². The molecule has 2 aromatic carbocycles. The molecule has 2 aromatic rings. The van der Waals surface area contributed by atoms with Crippen molar-refractivity contribution in [3.8, 4) is 11.5 Å². The fourth-order valence-corrected chi connectivity index (χ4v) is 2.91. The van der Waals surface area contributed by atoms with Gasteiger partial charge in [0, 0.05) is 18.7 Å². The van der Waals surface area contributed by atoms with Crippen molar-refractivity contribution < 1.29 is 19.0 Å². The lowest BCUT2D eigenvalue weighted by Gasteiger charge is -2.16. The lowest BCUT2D eigenvalue weighted by Crippen LogP contribution is -2.35. The van der Waals surface area contributed by atoms with Crippen molar-refractivity contribution >= 4 is 33.4 Å². The Labute approximate surface area is 166 Å². The second kappa shape index (κ2) is 10.4. The van der Waals surface area contributed by atoms with Crippen LogP contribution in [-0.4, -0.2) is 32.3 Å². The summed E-state index contributed by atoms with van der Waals surface area (Å²) >= 11 is 9.27. The van der Waals surface area contributed by atoms with E-state index < -0.39 is 6.10 Å². The van der Waals surface area contributed by atoms with Gasteiger partial charge in [-0.1, -0.05) is 23.7 Å². The van der Waals surface area contributed by atoms with E-state index in [1.165, 1.54) is 0 Å². The van der Waals surface area contributed by atoms with Crippen LogP contribution in [0.4, 0.5) is 0 Å². The van der Waals surface area contributed by atoms with Gasteiger partial charge >= 0.3 is 0 Å². The number of halogens is 2. The molecular weight excluding hydrogens is 422 g/mol. The normalized spacial score (nSPS) is 11.7. The summed E-state index contributed by atoms with van der Waals surface area (Å²) in [7, 11) is 1.63. The van der Waals surface area contributed by atoms with Crippen LogP contribution in [0.2, 0.25) is 5.02 Å². The van der Waals surface area contributed by atoms with Gasteiger partial charge in [0.2, 0.25) is 0 Å². The van der Waals surface area contributed by atoms with Gasteiger partial charge in [-0.05, 0) is 58.7 Å². The number of hydrogen-bond donors (Lipinski definition) is 1. The number of nitrogens with one attached hydrogen (secondary N) is 1. The van der Waals surface area contributed by atoms with Crippen molar-refractivity contribution in [2.24, 2.45) is 0 Å². The van der Waals surface area contributed by atoms with Gasteiger partial charge < -0.3 is 19.5 Å². The first kappa shape index (κ1) is 20.6. The predicted octanol–water partition coefficient (Wildman–Crippen LogP) is 4.21. The Balaban J connectivity index is 1.86. The molecule has 0 aliphatic heterocycles. The van der Waals surface area contributed by atoms with E-state index >= 15 is 0 Å². The van der Waals surface area contributed by atoms with Crippen LogP contribution in [-0.2, 0) is 16.1 Å². The Morgan fingerprint density at radius 2 is 2.04 bits per heavy atom. The number of carbonyl (C=O) groups is 1. The highest BCUT2D eigenvalue weighted by molar-refractivity contribution is 9.10. The van der Waals surface area contributed by atoms with Gasteiger partial charge in [0.25, 0.3) is 5.91 Å². The van der Waals surface area contributed by atoms with Crippen LogP contribution in [0.3, 0.4) is 0 Å². The van der Waals surface area contributed by atoms with E-state index in [4.69, 9.17) is 25.8 Å². The summed E-state index contributed by atoms with van der Waals surface area (Å²) in [6.07, 6.45) is -0.645. The van der Waals surface area contributed by atoms with Gasteiger partial charge in [0.15, 0.2) is 6.10 Å². The molecule has 1 amide bonds. The second-order valence-electron chi connectivity index (χ2n) is 5.54. The Kier molecular flexibility index (Phi) is 8.22. The molecule has 2 rings (SSSR count). The van der Waals surface area contributed by atoms with Gasteiger partial charge in [-0.2, -0.15) is 0 Å². The van der Waals surface area contributed by atoms with E-state index in [1.54, 1.807) is 32.2 Å². The summed E-state index contributed by atoms with van der Waals surface area (Å²) in [4.78, 5) is 12.3. The molecule has 5 nitrogen and oxygen atoms in total. The minimum Gasteiger partial charge on any atom is -0.491 e. The van der Waals surface area contributed by atoms with Crippen molar-refractivity contribution in [3.05, 3.63) is 57.5 Å². The minimum absolute atomic E-state index is 0.211. The zero-order chi connectivity index (χ0) is 18.9. The molecule has 0 saturated carbocycles. The zero-order valence-corrected chi connectivity index (χ0v) is 17.0. The Morgan fingerprint density at radius 3 is 2.77 bits per heavy atom. The maximum Gasteiger partial charge on any atom is 0.261 e. The smallest absolute Gasteiger partial charge is 0.261 e. The predicted molar refractivity (Wildman–Crippen MR) is 105 cm³/mol. The number of rotatable bonds is 9. The van der Waals surface area contributed by atoms with Crippen LogP contribution in [0.25, 0.3) is 0 Å². The molecule has 0 heterocycles. The molecule has 7 heteroatoms. The SMILES string of the molecule is COCCOc1cccc(CNC(=O)C(C)Oc2ccc(Cl)cc2Br)c1. The van der Waals surface area contributed by atoms with Crippen molar-refractivity contribution in [1.82, 2.24) is 5.32 Å². The lowest BCUT2D eigenvalue weighted by molar-refractivity contribution is -0.127. The first-order valence-electron chi connectivity index (χ1n) is 8.09. The highest BCUT2D eigenvalue weighted by atomic mass is 79.9. The number of ether oxygens (including phenoxy) is 3. The van der Waals surface area contributed by atoms with Crippen LogP contribution in [0.5, 0.6) is 11.5 Å². The third-order valence-corrected chi connectivity index (χ3v) is 4.34. The van der Waals surface area contributed by atoms with Gasteiger partial charge in [0.05, 0.1) is 11.1 Å². The number of methoxy groups -OCH3 is 1. The molecule has 0 radical (unpaired) electrons. The van der Waals surface area contributed by atoms with Gasteiger partial charge in [-0.15, -0.1) is 0 Å². The monoisotopic (exact) mass is 441 g/mol. The van der Waals surface area contributed by atoms with E-state index in [1.807, 2.05) is 24.3 Å². The first-order valence-corrected chi connectivity index (χ1v) is 9.27. The van der Waals surface area contributed by atoms with E-state index in [2.05, 4.69) is 21.2 Å². The highest BCUT2D eigenvalue weighted by Crippen LogP contribution is 2.28. The molecule has 0 aliphatic carbocycles. The minimum atomic E-state index is -0.645. The number of benzene rings is 2. The Bertz CT molecular complexity index is 741. The highest BCUT2D eigenvalue weighted by Gasteiger charge is 2.16. The Hall–Kier alpha value is -1.76. The zero-order valence-electron chi connectivity index (χ0n) is 14.6. The largest absolute Gasteiger partial charge is 0.491 e. The average molecular weight is 443 g/mol. The molecule has 0 bridgehead atoms. The van der Waals surface area contributed by atoms with Crippen LogP contribution in [0, 0.1) is 0 Å². The molecule has 140 valence electrons. The molecular formula is C19H21BrClNO4. The second-order valence-corrected chi connectivity index (χ2v) is 6.83. The summed E-state index contributed by atoms with van der Waals surface area (Å²) in [5.74, 6) is 1.09. The summed E-state index contributed by atoms with van der Waals surface area (Å²) in [5, 5.41) is 3.45. The molecule has 26 heavy (non-hydrogen) atoms. The van der Waals surface area contributed by atoms with E-state index in [9.17, 15) is 4.79 Å². The van der Waals surface area contributed by atoms with Crippen molar-refractivity contribution in [1.29, 1.82) is 0 Å². The molecule has 0 saturated heterocycles. The molecule has 1 atom stereocenters. The summed E-state index contributed by atoms with van der Waals surface area (Å²) < 4.78 is 16.9. The van der Waals surface area contributed by atoms with Gasteiger partial charge in [-0.3, -0.25) is 4.79 Å². The summed E-state index contributed by atoms with van der Waals surface area (Å²) in [6.45, 7) is 3.08. The van der Waals surface area contributed by atoms with Crippen molar-refractivity contribution in [3.63, 3.8) is 0 Å². The molecule has 0 aliphatic rings. The van der Waals surface area contributed by atoms with Crippen molar-refractivity contribution in [2.75, 3.05) is 20.3 Å². The Morgan fingerprint density at radius 1 is 1.23 bits per heavy atom. The fraction of sp³-hybridized carbons (Fsp3) is 0.316. The topological polar surface area (TPSA) is 56.8 Å². The first-order chi connectivity index (χ1) is 12.5. The van der Waals surface area contributed by atoms with E-state index in [-0.39, 0.29) is 5.91 Å². The lowest BCUT2D eigenvalue weighted by atomic mass is 10.2. The maximum atomic E-state index is 12.3. The molecule has 0 spiro atoms. The van der Waals surface area contributed by atoms with Crippen molar-refractivity contribution in [2.45, 2.75) is 19.6 Å². The fourth-order valence-electron chi connectivity index (χ4n) is 2.14. The van der Waals surface area contributed by atoms with Crippen LogP contribution in [0.1, 0.15) is 12.5 Å². The number of hydrogen-bond acceptors (Lipinski definition) is 4. The van der Waals surface area contributed by atoms with Gasteiger partial charge in [0.1, 0.15) is 18.1 Å². The van der Waals surface area contributed by atoms with Crippen LogP contribution >= 0.6 is 27.5 Å². The van der Waals surface area contributed by atoms with E-state index in [0.717, 1.165) is 11.3 Å². The molecule has 1 N–H and O–H groups in total. The quantitative estimate of drug-likeness (QED) is 0.591. The molecule has 1 unspecified atom stereocenters. The molecule has 0 fully saturated rings. The maximum absolute atomic E-state index is 12.3.